The van der Waals surface area contributed by atoms with Gasteiger partial charge in [-0.1, -0.05) is 32.9 Å². The van der Waals surface area contributed by atoms with E-state index < -0.39 is 0 Å². The highest BCUT2D eigenvalue weighted by molar-refractivity contribution is 5.81. The topological polar surface area (TPSA) is 26.3 Å². The van der Waals surface area contributed by atoms with Crippen molar-refractivity contribution in [3.05, 3.63) is 29.3 Å². The van der Waals surface area contributed by atoms with Gasteiger partial charge in [0.15, 0.2) is 0 Å². The highest BCUT2D eigenvalue weighted by atomic mass is 16.5. The van der Waals surface area contributed by atoms with Gasteiger partial charge < -0.3 is 4.74 Å². The van der Waals surface area contributed by atoms with Crippen molar-refractivity contribution in [1.82, 2.24) is 0 Å². The van der Waals surface area contributed by atoms with Crippen molar-refractivity contribution in [3.8, 4) is 5.75 Å². The number of hydrogen-bond donors (Lipinski definition) is 0. The van der Waals surface area contributed by atoms with Crippen molar-refractivity contribution in [3.63, 3.8) is 0 Å². The molecule has 1 aliphatic rings. The Morgan fingerprint density at radius 2 is 2.00 bits per heavy atom. The number of esters is 1. The van der Waals surface area contributed by atoms with Crippen LogP contribution in [0.1, 0.15) is 31.9 Å². The minimum Gasteiger partial charge on any atom is -0.426 e. The van der Waals surface area contributed by atoms with E-state index in [1.54, 1.807) is 0 Å². The third-order valence-electron chi connectivity index (χ3n) is 2.49. The summed E-state index contributed by atoms with van der Waals surface area (Å²) in [5.41, 5.74) is 2.30. The van der Waals surface area contributed by atoms with Crippen LogP contribution in [-0.2, 0) is 16.6 Å². The van der Waals surface area contributed by atoms with Crippen LogP contribution < -0.4 is 4.74 Å². The zero-order chi connectivity index (χ0) is 10.3. The van der Waals surface area contributed by atoms with Crippen LogP contribution in [0.5, 0.6) is 5.75 Å². The van der Waals surface area contributed by atoms with Gasteiger partial charge in [0.2, 0.25) is 0 Å². The quantitative estimate of drug-likeness (QED) is 0.464. The molecule has 0 aliphatic carbocycles. The van der Waals surface area contributed by atoms with Crippen molar-refractivity contribution in [2.75, 3.05) is 0 Å². The lowest BCUT2D eigenvalue weighted by atomic mass is 9.86. The van der Waals surface area contributed by atoms with Crippen LogP contribution in [0, 0.1) is 0 Å². The summed E-state index contributed by atoms with van der Waals surface area (Å²) in [6.07, 6.45) is 0.416. The second-order valence-electron chi connectivity index (χ2n) is 4.72. The van der Waals surface area contributed by atoms with E-state index in [1.165, 1.54) is 5.56 Å². The van der Waals surface area contributed by atoms with Gasteiger partial charge in [-0.15, -0.1) is 0 Å². The van der Waals surface area contributed by atoms with E-state index >= 15 is 0 Å². The van der Waals surface area contributed by atoms with Crippen LogP contribution in [0.15, 0.2) is 18.2 Å². The average Bonchev–Trinajstić information content (AvgIpc) is 2.41. The second kappa shape index (κ2) is 2.84. The minimum atomic E-state index is -0.147. The van der Waals surface area contributed by atoms with Gasteiger partial charge in [-0.2, -0.15) is 0 Å². The van der Waals surface area contributed by atoms with Gasteiger partial charge in [0, 0.05) is 5.56 Å². The summed E-state index contributed by atoms with van der Waals surface area (Å²) in [6.45, 7) is 6.43. The van der Waals surface area contributed by atoms with E-state index in [2.05, 4.69) is 26.8 Å². The highest BCUT2D eigenvalue weighted by Gasteiger charge is 2.23. The first-order chi connectivity index (χ1) is 6.47. The van der Waals surface area contributed by atoms with Gasteiger partial charge in [0.1, 0.15) is 5.75 Å². The molecule has 0 atom stereocenters. The lowest BCUT2D eigenvalue weighted by Gasteiger charge is -2.19. The molecule has 1 aromatic rings. The standard InChI is InChI=1S/C12H14O2/c1-12(2,3)9-5-4-8-6-11(13)14-10(8)7-9/h4-5,7H,6H2,1-3H3. The molecule has 0 fully saturated rings. The molecule has 0 bridgehead atoms. The predicted molar refractivity (Wildman–Crippen MR) is 54.5 cm³/mol. The molecular weight excluding hydrogens is 176 g/mol. The van der Waals surface area contributed by atoms with Gasteiger partial charge in [0.25, 0.3) is 0 Å². The van der Waals surface area contributed by atoms with E-state index in [1.807, 2.05) is 12.1 Å². The van der Waals surface area contributed by atoms with E-state index in [9.17, 15) is 4.79 Å². The Morgan fingerprint density at radius 3 is 2.64 bits per heavy atom. The minimum absolute atomic E-state index is 0.101. The first-order valence-electron chi connectivity index (χ1n) is 4.81. The number of rotatable bonds is 0. The number of carbonyl (C=O) groups is 1. The molecule has 1 aromatic carbocycles. The summed E-state index contributed by atoms with van der Waals surface area (Å²) in [7, 11) is 0. The smallest absolute Gasteiger partial charge is 0.315 e. The van der Waals surface area contributed by atoms with E-state index in [4.69, 9.17) is 4.74 Å². The second-order valence-corrected chi connectivity index (χ2v) is 4.72. The zero-order valence-corrected chi connectivity index (χ0v) is 8.76. The monoisotopic (exact) mass is 190 g/mol. The summed E-state index contributed by atoms with van der Waals surface area (Å²) in [5.74, 6) is 0.591. The number of fused-ring (bicyclic) bond motifs is 1. The average molecular weight is 190 g/mol. The fourth-order valence-corrected chi connectivity index (χ4v) is 1.58. The summed E-state index contributed by atoms with van der Waals surface area (Å²) in [4.78, 5) is 11.0. The Bertz CT molecular complexity index is 386. The SMILES string of the molecule is CC(C)(C)c1ccc2c(c1)OC(=O)C2. The predicted octanol–water partition coefficient (Wildman–Crippen LogP) is 2.45. The molecule has 0 spiro atoms. The molecule has 1 aliphatic heterocycles. The number of benzene rings is 1. The molecule has 0 amide bonds. The number of carbonyl (C=O) groups excluding carboxylic acids is 1. The molecule has 1 heterocycles. The maximum absolute atomic E-state index is 11.0. The van der Waals surface area contributed by atoms with Gasteiger partial charge in [-0.25, -0.2) is 0 Å². The maximum Gasteiger partial charge on any atom is 0.315 e. The summed E-state index contributed by atoms with van der Waals surface area (Å²) >= 11 is 0. The van der Waals surface area contributed by atoms with Gasteiger partial charge in [0.05, 0.1) is 6.42 Å². The fourth-order valence-electron chi connectivity index (χ4n) is 1.58. The summed E-state index contributed by atoms with van der Waals surface area (Å²) in [6, 6.07) is 6.03. The first-order valence-corrected chi connectivity index (χ1v) is 4.81. The summed E-state index contributed by atoms with van der Waals surface area (Å²) in [5, 5.41) is 0. The molecule has 0 N–H and O–H groups in total. The van der Waals surface area contributed by atoms with Crippen molar-refractivity contribution < 1.29 is 9.53 Å². The van der Waals surface area contributed by atoms with Gasteiger partial charge in [-0.3, -0.25) is 4.79 Å². The van der Waals surface area contributed by atoms with Crippen LogP contribution in [0.25, 0.3) is 0 Å². The molecule has 0 saturated heterocycles. The van der Waals surface area contributed by atoms with Crippen LogP contribution in [0.4, 0.5) is 0 Å². The zero-order valence-electron chi connectivity index (χ0n) is 8.76. The first kappa shape index (κ1) is 9.25. The Kier molecular flexibility index (Phi) is 1.88. The Hall–Kier alpha value is -1.31. The number of ether oxygens (including phenoxy) is 1. The molecule has 14 heavy (non-hydrogen) atoms. The molecule has 0 unspecified atom stereocenters. The molecule has 0 saturated carbocycles. The molecule has 2 heteroatoms. The van der Waals surface area contributed by atoms with E-state index in [-0.39, 0.29) is 11.4 Å². The number of hydrogen-bond acceptors (Lipinski definition) is 2. The molecule has 0 radical (unpaired) electrons. The highest BCUT2D eigenvalue weighted by Crippen LogP contribution is 2.31. The normalized spacial score (nSPS) is 15.2. The van der Waals surface area contributed by atoms with Gasteiger partial charge >= 0.3 is 5.97 Å². The lowest BCUT2D eigenvalue weighted by Crippen LogP contribution is -2.10. The molecular formula is C12H14O2. The Labute approximate surface area is 83.9 Å². The third-order valence-corrected chi connectivity index (χ3v) is 2.49. The summed E-state index contributed by atoms with van der Waals surface area (Å²) < 4.78 is 5.10. The van der Waals surface area contributed by atoms with Crippen LogP contribution in [0.2, 0.25) is 0 Å². The van der Waals surface area contributed by atoms with Crippen molar-refractivity contribution in [1.29, 1.82) is 0 Å². The van der Waals surface area contributed by atoms with Gasteiger partial charge in [-0.05, 0) is 17.0 Å². The fraction of sp³-hybridized carbons (Fsp3) is 0.417. The van der Waals surface area contributed by atoms with Crippen LogP contribution >= 0.6 is 0 Å². The maximum atomic E-state index is 11.0. The van der Waals surface area contributed by atoms with E-state index in [0.717, 1.165) is 11.3 Å². The largest absolute Gasteiger partial charge is 0.426 e. The molecule has 2 rings (SSSR count). The third kappa shape index (κ3) is 1.52. The van der Waals surface area contributed by atoms with Crippen molar-refractivity contribution >= 4 is 5.97 Å². The van der Waals surface area contributed by atoms with Crippen LogP contribution in [-0.4, -0.2) is 5.97 Å². The van der Waals surface area contributed by atoms with Crippen LogP contribution in [0.3, 0.4) is 0 Å². The molecule has 0 aromatic heterocycles. The van der Waals surface area contributed by atoms with Crippen molar-refractivity contribution in [2.24, 2.45) is 0 Å². The molecule has 74 valence electrons. The Morgan fingerprint density at radius 1 is 1.29 bits per heavy atom. The lowest BCUT2D eigenvalue weighted by molar-refractivity contribution is -0.131. The van der Waals surface area contributed by atoms with Crippen molar-refractivity contribution in [2.45, 2.75) is 32.6 Å². The van der Waals surface area contributed by atoms with E-state index in [0.29, 0.717) is 6.42 Å². The Balaban J connectivity index is 2.43. The molecule has 2 nitrogen and oxygen atoms in total.